The van der Waals surface area contributed by atoms with E-state index in [1.54, 1.807) is 19.1 Å². The molecule has 1 N–H and O–H groups in total. The summed E-state index contributed by atoms with van der Waals surface area (Å²) in [6, 6.07) is 10.1. The first-order valence-corrected chi connectivity index (χ1v) is 11.3. The molecule has 0 bridgehead atoms. The second-order valence-electron chi connectivity index (χ2n) is 8.49. The van der Waals surface area contributed by atoms with Gasteiger partial charge < -0.3 is 14.6 Å². The first-order chi connectivity index (χ1) is 16.3. The van der Waals surface area contributed by atoms with Gasteiger partial charge in [-0.1, -0.05) is 11.6 Å². The molecule has 5 rings (SSSR count). The standard InChI is InChI=1S/C25H23ClFN5O2/c1-13-8-16(9-14(2)28-13)21-12-32(6-7-34-21)22-11-20-23(25(33)30-15(3)29-20)24(31-22)18-5-4-17(26)10-19(18)27/h4-5,8-11,21H,6-7,12H2,1-3H3,(H,29,30,33)/t21-/m1/s1. The van der Waals surface area contributed by atoms with Crippen LogP contribution in [0.1, 0.15) is 28.9 Å². The number of hydrogen-bond donors (Lipinski definition) is 1. The molecule has 0 saturated carbocycles. The minimum atomic E-state index is -0.555. The van der Waals surface area contributed by atoms with E-state index in [1.807, 2.05) is 26.0 Å². The van der Waals surface area contributed by atoms with E-state index in [9.17, 15) is 9.18 Å². The number of rotatable bonds is 3. The molecule has 4 aromatic rings. The molecule has 1 atom stereocenters. The first kappa shape index (κ1) is 22.4. The molecule has 0 radical (unpaired) electrons. The second kappa shape index (κ2) is 8.77. The predicted octanol–water partition coefficient (Wildman–Crippen LogP) is 4.68. The number of ether oxygens (including phenoxy) is 1. The van der Waals surface area contributed by atoms with E-state index in [-0.39, 0.29) is 33.3 Å². The SMILES string of the molecule is Cc1cc([C@H]2CN(c3cc4nc(C)[nH]c(=O)c4c(-c4ccc(Cl)cc4F)n3)CCO2)cc(C)n1. The van der Waals surface area contributed by atoms with Crippen molar-refractivity contribution in [2.45, 2.75) is 26.9 Å². The lowest BCUT2D eigenvalue weighted by molar-refractivity contribution is 0.0394. The Labute approximate surface area is 200 Å². The van der Waals surface area contributed by atoms with Gasteiger partial charge in [0.05, 0.1) is 23.2 Å². The molecule has 174 valence electrons. The van der Waals surface area contributed by atoms with Gasteiger partial charge in [-0.25, -0.2) is 14.4 Å². The summed E-state index contributed by atoms with van der Waals surface area (Å²) in [5, 5.41) is 0.504. The van der Waals surface area contributed by atoms with Crippen LogP contribution >= 0.6 is 11.6 Å². The smallest absolute Gasteiger partial charge is 0.260 e. The highest BCUT2D eigenvalue weighted by Gasteiger charge is 2.26. The summed E-state index contributed by atoms with van der Waals surface area (Å²) in [4.78, 5) is 31.3. The van der Waals surface area contributed by atoms with Gasteiger partial charge in [0, 0.05) is 41.1 Å². The molecule has 4 heterocycles. The van der Waals surface area contributed by atoms with Crippen LogP contribution < -0.4 is 10.5 Å². The molecule has 34 heavy (non-hydrogen) atoms. The molecule has 0 unspecified atom stereocenters. The Bertz CT molecular complexity index is 1450. The third kappa shape index (κ3) is 4.26. The monoisotopic (exact) mass is 479 g/mol. The quantitative estimate of drug-likeness (QED) is 0.459. The van der Waals surface area contributed by atoms with E-state index in [2.05, 4.69) is 19.9 Å². The lowest BCUT2D eigenvalue weighted by atomic mass is 10.1. The molecule has 0 amide bonds. The second-order valence-corrected chi connectivity index (χ2v) is 8.92. The van der Waals surface area contributed by atoms with E-state index >= 15 is 0 Å². The van der Waals surface area contributed by atoms with E-state index in [4.69, 9.17) is 21.3 Å². The van der Waals surface area contributed by atoms with Crippen molar-refractivity contribution in [2.75, 3.05) is 24.6 Å². The number of aromatic nitrogens is 4. The van der Waals surface area contributed by atoms with Gasteiger partial charge in [0.15, 0.2) is 0 Å². The topological polar surface area (TPSA) is 84.0 Å². The van der Waals surface area contributed by atoms with Crippen LogP contribution in [0, 0.1) is 26.6 Å². The summed E-state index contributed by atoms with van der Waals surface area (Å²) in [6.07, 6.45) is -0.170. The molecular formula is C25H23ClFN5O2. The zero-order chi connectivity index (χ0) is 24.0. The van der Waals surface area contributed by atoms with Crippen molar-refractivity contribution in [3.05, 3.63) is 80.4 Å². The zero-order valence-electron chi connectivity index (χ0n) is 19.0. The largest absolute Gasteiger partial charge is 0.370 e. The number of pyridine rings is 2. The number of nitrogens with one attached hydrogen (secondary N) is 1. The average Bonchev–Trinajstić information content (AvgIpc) is 2.77. The van der Waals surface area contributed by atoms with Crippen molar-refractivity contribution < 1.29 is 9.13 Å². The van der Waals surface area contributed by atoms with E-state index in [0.29, 0.717) is 36.9 Å². The molecule has 0 aliphatic carbocycles. The highest BCUT2D eigenvalue weighted by molar-refractivity contribution is 6.30. The number of benzene rings is 1. The number of fused-ring (bicyclic) bond motifs is 1. The third-order valence-electron chi connectivity index (χ3n) is 5.85. The Hall–Kier alpha value is -3.36. The summed E-state index contributed by atoms with van der Waals surface area (Å²) in [5.41, 5.74) is 3.41. The predicted molar refractivity (Wildman–Crippen MR) is 130 cm³/mol. The maximum atomic E-state index is 14.9. The molecule has 1 aliphatic heterocycles. The number of nitrogens with zero attached hydrogens (tertiary/aromatic N) is 4. The van der Waals surface area contributed by atoms with Crippen molar-refractivity contribution in [1.29, 1.82) is 0 Å². The minimum absolute atomic E-state index is 0.170. The van der Waals surface area contributed by atoms with Crippen LogP contribution in [0.5, 0.6) is 0 Å². The fourth-order valence-electron chi connectivity index (χ4n) is 4.42. The Morgan fingerprint density at radius 1 is 1.09 bits per heavy atom. The Morgan fingerprint density at radius 2 is 1.85 bits per heavy atom. The minimum Gasteiger partial charge on any atom is -0.370 e. The zero-order valence-corrected chi connectivity index (χ0v) is 19.8. The van der Waals surface area contributed by atoms with Gasteiger partial charge in [-0.2, -0.15) is 0 Å². The highest BCUT2D eigenvalue weighted by Crippen LogP contribution is 2.32. The molecule has 1 aliphatic rings. The molecule has 9 heteroatoms. The molecule has 1 fully saturated rings. The summed E-state index contributed by atoms with van der Waals surface area (Å²) < 4.78 is 21.0. The highest BCUT2D eigenvalue weighted by atomic mass is 35.5. The first-order valence-electron chi connectivity index (χ1n) is 11.0. The Morgan fingerprint density at radius 3 is 2.59 bits per heavy atom. The Balaban J connectivity index is 1.63. The van der Waals surface area contributed by atoms with Crippen LogP contribution in [0.15, 0.2) is 41.2 Å². The van der Waals surface area contributed by atoms with Gasteiger partial charge in [-0.15, -0.1) is 0 Å². The average molecular weight is 480 g/mol. The van der Waals surface area contributed by atoms with E-state index in [0.717, 1.165) is 17.0 Å². The summed E-state index contributed by atoms with van der Waals surface area (Å²) >= 11 is 5.96. The lowest BCUT2D eigenvalue weighted by Gasteiger charge is -2.34. The van der Waals surface area contributed by atoms with Crippen molar-refractivity contribution in [3.63, 3.8) is 0 Å². The molecule has 1 saturated heterocycles. The van der Waals surface area contributed by atoms with Crippen molar-refractivity contribution in [3.8, 4) is 11.3 Å². The number of aryl methyl sites for hydroxylation is 3. The maximum Gasteiger partial charge on any atom is 0.260 e. The van der Waals surface area contributed by atoms with Gasteiger partial charge in [-0.05, 0) is 56.7 Å². The number of aromatic amines is 1. The van der Waals surface area contributed by atoms with Gasteiger partial charge in [-0.3, -0.25) is 9.78 Å². The fourth-order valence-corrected chi connectivity index (χ4v) is 4.57. The van der Waals surface area contributed by atoms with Crippen LogP contribution in [0.2, 0.25) is 5.02 Å². The van der Waals surface area contributed by atoms with Crippen LogP contribution in [0.3, 0.4) is 0 Å². The number of halogens is 2. The number of anilines is 1. The van der Waals surface area contributed by atoms with Gasteiger partial charge in [0.25, 0.3) is 5.56 Å². The van der Waals surface area contributed by atoms with Crippen LogP contribution in [-0.4, -0.2) is 39.6 Å². The van der Waals surface area contributed by atoms with Gasteiger partial charge in [0.2, 0.25) is 0 Å². The summed E-state index contributed by atoms with van der Waals surface area (Å²) in [7, 11) is 0. The lowest BCUT2D eigenvalue weighted by Crippen LogP contribution is -2.39. The van der Waals surface area contributed by atoms with Crippen LogP contribution in [0.25, 0.3) is 22.2 Å². The summed E-state index contributed by atoms with van der Waals surface area (Å²) in [6.45, 7) is 7.27. The van der Waals surface area contributed by atoms with Gasteiger partial charge >= 0.3 is 0 Å². The van der Waals surface area contributed by atoms with Crippen molar-refractivity contribution in [2.24, 2.45) is 0 Å². The number of H-pyrrole nitrogens is 1. The van der Waals surface area contributed by atoms with Crippen LogP contribution in [0.4, 0.5) is 10.2 Å². The number of hydrogen-bond acceptors (Lipinski definition) is 6. The van der Waals surface area contributed by atoms with Crippen LogP contribution in [-0.2, 0) is 4.74 Å². The van der Waals surface area contributed by atoms with E-state index in [1.165, 1.54) is 12.1 Å². The third-order valence-corrected chi connectivity index (χ3v) is 6.08. The number of morpholine rings is 1. The summed E-state index contributed by atoms with van der Waals surface area (Å²) in [5.74, 6) is 0.519. The molecular weight excluding hydrogens is 457 g/mol. The molecule has 1 aromatic carbocycles. The van der Waals surface area contributed by atoms with Crippen molar-refractivity contribution in [1.82, 2.24) is 19.9 Å². The van der Waals surface area contributed by atoms with Gasteiger partial charge in [0.1, 0.15) is 23.6 Å². The Kier molecular flexibility index (Phi) is 5.79. The van der Waals surface area contributed by atoms with Crippen molar-refractivity contribution >= 4 is 28.3 Å². The molecule has 0 spiro atoms. The van der Waals surface area contributed by atoms with E-state index < -0.39 is 5.82 Å². The maximum absolute atomic E-state index is 14.9. The molecule has 7 nitrogen and oxygen atoms in total. The normalized spacial score (nSPS) is 16.3. The molecule has 3 aromatic heterocycles. The fraction of sp³-hybridized carbons (Fsp3) is 0.280.